The van der Waals surface area contributed by atoms with E-state index in [0.29, 0.717) is 13.2 Å². The van der Waals surface area contributed by atoms with Gasteiger partial charge in [-0.05, 0) is 44.5 Å². The lowest BCUT2D eigenvalue weighted by Crippen LogP contribution is -2.30. The van der Waals surface area contributed by atoms with Crippen molar-refractivity contribution in [2.75, 3.05) is 31.1 Å². The highest BCUT2D eigenvalue weighted by atomic mass is 16.6. The SMILES string of the molecule is CCOc1ccc(C(=O)NCCCN(CC)c2ccccc2)cc1[N+](=O)[O-]. The van der Waals surface area contributed by atoms with Crippen LogP contribution in [-0.2, 0) is 0 Å². The molecule has 0 spiro atoms. The number of rotatable bonds is 10. The zero-order valence-corrected chi connectivity index (χ0v) is 15.7. The smallest absolute Gasteiger partial charge is 0.311 e. The molecule has 0 bridgehead atoms. The summed E-state index contributed by atoms with van der Waals surface area (Å²) in [6, 6.07) is 14.3. The molecule has 27 heavy (non-hydrogen) atoms. The Morgan fingerprint density at radius 3 is 2.56 bits per heavy atom. The number of nitrogens with zero attached hydrogens (tertiary/aromatic N) is 2. The summed E-state index contributed by atoms with van der Waals surface area (Å²) in [6.45, 7) is 6.34. The molecular formula is C20H25N3O4. The topological polar surface area (TPSA) is 84.7 Å². The third kappa shape index (κ3) is 5.70. The van der Waals surface area contributed by atoms with Gasteiger partial charge in [0.05, 0.1) is 11.5 Å². The maximum Gasteiger partial charge on any atom is 0.311 e. The molecule has 0 radical (unpaired) electrons. The van der Waals surface area contributed by atoms with E-state index in [2.05, 4.69) is 29.3 Å². The number of hydrogen-bond acceptors (Lipinski definition) is 5. The predicted octanol–water partition coefficient (Wildman–Crippen LogP) is 3.64. The summed E-state index contributed by atoms with van der Waals surface area (Å²) in [5.74, 6) is -0.163. The van der Waals surface area contributed by atoms with E-state index in [9.17, 15) is 14.9 Å². The van der Waals surface area contributed by atoms with Crippen LogP contribution in [-0.4, -0.2) is 37.1 Å². The molecule has 7 nitrogen and oxygen atoms in total. The number of carbonyl (C=O) groups excluding carboxylic acids is 1. The molecule has 0 heterocycles. The van der Waals surface area contributed by atoms with E-state index < -0.39 is 4.92 Å². The molecular weight excluding hydrogens is 346 g/mol. The van der Waals surface area contributed by atoms with Crippen molar-refractivity contribution in [3.63, 3.8) is 0 Å². The van der Waals surface area contributed by atoms with Gasteiger partial charge in [-0.3, -0.25) is 14.9 Å². The first-order valence-corrected chi connectivity index (χ1v) is 9.06. The second-order valence-corrected chi connectivity index (χ2v) is 5.90. The Bertz CT molecular complexity index is 765. The highest BCUT2D eigenvalue weighted by Crippen LogP contribution is 2.27. The Morgan fingerprint density at radius 1 is 1.19 bits per heavy atom. The quantitative estimate of drug-likeness (QED) is 0.391. The highest BCUT2D eigenvalue weighted by Gasteiger charge is 2.18. The molecule has 0 aliphatic heterocycles. The lowest BCUT2D eigenvalue weighted by molar-refractivity contribution is -0.385. The summed E-state index contributed by atoms with van der Waals surface area (Å²) < 4.78 is 5.23. The molecule has 0 aliphatic rings. The molecule has 1 N–H and O–H groups in total. The molecule has 0 saturated heterocycles. The first-order chi connectivity index (χ1) is 13.1. The van der Waals surface area contributed by atoms with Gasteiger partial charge in [0, 0.05) is 37.0 Å². The molecule has 7 heteroatoms. The number of benzene rings is 2. The van der Waals surface area contributed by atoms with Crippen LogP contribution in [0.2, 0.25) is 0 Å². The van der Waals surface area contributed by atoms with Crippen molar-refractivity contribution in [3.8, 4) is 5.75 Å². The van der Waals surface area contributed by atoms with Gasteiger partial charge in [-0.15, -0.1) is 0 Å². The van der Waals surface area contributed by atoms with Gasteiger partial charge < -0.3 is 15.0 Å². The molecule has 2 aromatic carbocycles. The standard InChI is InChI=1S/C20H25N3O4/c1-3-22(17-9-6-5-7-10-17)14-8-13-21-20(24)16-11-12-19(27-4-2)18(15-16)23(25)26/h5-7,9-12,15H,3-4,8,13-14H2,1-2H3,(H,21,24). The third-order valence-electron chi connectivity index (χ3n) is 4.11. The van der Waals surface area contributed by atoms with Crippen LogP contribution in [0.4, 0.5) is 11.4 Å². The van der Waals surface area contributed by atoms with Gasteiger partial charge in [-0.25, -0.2) is 0 Å². The van der Waals surface area contributed by atoms with Crippen molar-refractivity contribution in [2.24, 2.45) is 0 Å². The van der Waals surface area contributed by atoms with Gasteiger partial charge in [-0.1, -0.05) is 18.2 Å². The summed E-state index contributed by atoms with van der Waals surface area (Å²) in [6.07, 6.45) is 0.771. The van der Waals surface area contributed by atoms with E-state index >= 15 is 0 Å². The number of hydrogen-bond donors (Lipinski definition) is 1. The second-order valence-electron chi connectivity index (χ2n) is 5.90. The minimum Gasteiger partial charge on any atom is -0.487 e. The first kappa shape index (κ1) is 20.2. The Labute approximate surface area is 159 Å². The largest absolute Gasteiger partial charge is 0.487 e. The Hall–Kier alpha value is -3.09. The zero-order valence-electron chi connectivity index (χ0n) is 15.7. The average Bonchev–Trinajstić information content (AvgIpc) is 2.69. The number of ether oxygens (including phenoxy) is 1. The number of para-hydroxylation sites is 1. The fraction of sp³-hybridized carbons (Fsp3) is 0.350. The van der Waals surface area contributed by atoms with Crippen molar-refractivity contribution in [3.05, 3.63) is 64.2 Å². The number of nitro benzene ring substituents is 1. The maximum atomic E-state index is 12.3. The Morgan fingerprint density at radius 2 is 1.93 bits per heavy atom. The summed E-state index contributed by atoms with van der Waals surface area (Å²) in [7, 11) is 0. The van der Waals surface area contributed by atoms with Crippen molar-refractivity contribution in [1.29, 1.82) is 0 Å². The summed E-state index contributed by atoms with van der Waals surface area (Å²) in [4.78, 5) is 25.1. The monoisotopic (exact) mass is 371 g/mol. The van der Waals surface area contributed by atoms with Gasteiger partial charge in [0.1, 0.15) is 0 Å². The van der Waals surface area contributed by atoms with E-state index in [4.69, 9.17) is 4.74 Å². The normalized spacial score (nSPS) is 10.3. The van der Waals surface area contributed by atoms with Crippen LogP contribution < -0.4 is 15.0 Å². The van der Waals surface area contributed by atoms with Crippen LogP contribution in [0.1, 0.15) is 30.6 Å². The summed E-state index contributed by atoms with van der Waals surface area (Å²) in [5, 5.41) is 14.0. The fourth-order valence-corrected chi connectivity index (χ4v) is 2.76. The summed E-state index contributed by atoms with van der Waals surface area (Å²) in [5.41, 5.74) is 1.19. The lowest BCUT2D eigenvalue weighted by atomic mass is 10.1. The van der Waals surface area contributed by atoms with Gasteiger partial charge in [0.25, 0.3) is 5.91 Å². The van der Waals surface area contributed by atoms with Gasteiger partial charge in [0.15, 0.2) is 5.75 Å². The zero-order chi connectivity index (χ0) is 19.6. The van der Waals surface area contributed by atoms with E-state index in [-0.39, 0.29) is 22.9 Å². The highest BCUT2D eigenvalue weighted by molar-refractivity contribution is 5.95. The molecule has 2 aromatic rings. The minimum absolute atomic E-state index is 0.167. The molecule has 144 valence electrons. The van der Waals surface area contributed by atoms with E-state index in [1.165, 1.54) is 18.2 Å². The molecule has 0 aliphatic carbocycles. The van der Waals surface area contributed by atoms with Crippen LogP contribution >= 0.6 is 0 Å². The van der Waals surface area contributed by atoms with E-state index in [1.807, 2.05) is 18.2 Å². The molecule has 2 rings (SSSR count). The lowest BCUT2D eigenvalue weighted by Gasteiger charge is -2.23. The van der Waals surface area contributed by atoms with Crippen molar-refractivity contribution >= 4 is 17.3 Å². The van der Waals surface area contributed by atoms with Crippen molar-refractivity contribution in [2.45, 2.75) is 20.3 Å². The van der Waals surface area contributed by atoms with E-state index in [0.717, 1.165) is 25.2 Å². The van der Waals surface area contributed by atoms with Crippen molar-refractivity contribution in [1.82, 2.24) is 5.32 Å². The number of nitrogens with one attached hydrogen (secondary N) is 1. The molecule has 0 aromatic heterocycles. The molecule has 0 unspecified atom stereocenters. The number of anilines is 1. The van der Waals surface area contributed by atoms with Crippen molar-refractivity contribution < 1.29 is 14.5 Å². The molecule has 0 fully saturated rings. The first-order valence-electron chi connectivity index (χ1n) is 9.06. The molecule has 1 amide bonds. The number of carbonyl (C=O) groups is 1. The van der Waals surface area contributed by atoms with Crippen LogP contribution in [0.5, 0.6) is 5.75 Å². The van der Waals surface area contributed by atoms with Gasteiger partial charge >= 0.3 is 5.69 Å². The van der Waals surface area contributed by atoms with Crippen LogP contribution in [0.25, 0.3) is 0 Å². The fourth-order valence-electron chi connectivity index (χ4n) is 2.76. The van der Waals surface area contributed by atoms with Crippen LogP contribution in [0.15, 0.2) is 48.5 Å². The predicted molar refractivity (Wildman–Crippen MR) is 106 cm³/mol. The summed E-state index contributed by atoms with van der Waals surface area (Å²) >= 11 is 0. The molecule has 0 atom stereocenters. The Kier molecular flexibility index (Phi) is 7.61. The number of amides is 1. The van der Waals surface area contributed by atoms with Crippen LogP contribution in [0, 0.1) is 10.1 Å². The van der Waals surface area contributed by atoms with Crippen LogP contribution in [0.3, 0.4) is 0 Å². The van der Waals surface area contributed by atoms with Gasteiger partial charge in [-0.2, -0.15) is 0 Å². The second kappa shape index (κ2) is 10.2. The molecule has 0 saturated carbocycles. The average molecular weight is 371 g/mol. The van der Waals surface area contributed by atoms with E-state index in [1.54, 1.807) is 6.92 Å². The Balaban J connectivity index is 1.90. The number of nitro groups is 1. The van der Waals surface area contributed by atoms with Gasteiger partial charge in [0.2, 0.25) is 0 Å². The minimum atomic E-state index is -0.541. The third-order valence-corrected chi connectivity index (χ3v) is 4.11. The maximum absolute atomic E-state index is 12.3.